The Bertz CT molecular complexity index is 1070. The zero-order chi connectivity index (χ0) is 16.1. The predicted octanol–water partition coefficient (Wildman–Crippen LogP) is 3.36. The van der Waals surface area contributed by atoms with Crippen LogP contribution in [0.2, 0.25) is 0 Å². The van der Waals surface area contributed by atoms with Crippen molar-refractivity contribution in [3.05, 3.63) is 54.4 Å². The van der Waals surface area contributed by atoms with Gasteiger partial charge in [-0.25, -0.2) is 9.97 Å². The first kappa shape index (κ1) is 13.5. The molecule has 2 aromatic carbocycles. The van der Waals surface area contributed by atoms with Crippen molar-refractivity contribution in [2.75, 3.05) is 12.3 Å². The maximum atomic E-state index is 6.20. The molecule has 0 saturated heterocycles. The molecule has 2 aromatic heterocycles. The molecule has 0 radical (unpaired) electrons. The maximum Gasteiger partial charge on any atom is 0.152 e. The zero-order valence-electron chi connectivity index (χ0n) is 13.1. The summed E-state index contributed by atoms with van der Waals surface area (Å²) >= 11 is 0. The van der Waals surface area contributed by atoms with Crippen LogP contribution in [-0.2, 0) is 17.9 Å². The van der Waals surface area contributed by atoms with Gasteiger partial charge in [0.05, 0.1) is 17.6 Å². The van der Waals surface area contributed by atoms with E-state index in [0.29, 0.717) is 19.0 Å². The normalized spacial score (nSPS) is 14.2. The van der Waals surface area contributed by atoms with Crippen molar-refractivity contribution in [3.8, 4) is 11.1 Å². The Balaban J connectivity index is 1.97. The largest absolute Gasteiger partial charge is 0.382 e. The summed E-state index contributed by atoms with van der Waals surface area (Å²) in [6.07, 6.45) is 0. The number of imidazole rings is 1. The summed E-state index contributed by atoms with van der Waals surface area (Å²) in [5.74, 6) is 1.39. The third kappa shape index (κ3) is 1.85. The van der Waals surface area contributed by atoms with E-state index < -0.39 is 0 Å². The third-order valence-electron chi connectivity index (χ3n) is 4.58. The average Bonchev–Trinajstić information content (AvgIpc) is 3.02. The van der Waals surface area contributed by atoms with Crippen LogP contribution in [0.1, 0.15) is 5.82 Å². The van der Waals surface area contributed by atoms with Gasteiger partial charge in [-0.15, -0.1) is 0 Å². The Labute approximate surface area is 138 Å². The second-order valence-corrected chi connectivity index (χ2v) is 5.99. The molecule has 2 N–H and O–H groups in total. The van der Waals surface area contributed by atoms with Gasteiger partial charge in [-0.2, -0.15) is 0 Å². The molecule has 24 heavy (non-hydrogen) atoms. The SMILES string of the molecule is Nc1nc2cccc(-c3ccccc3)c2c2c1nc1n2CCOC1. The number of anilines is 1. The number of benzene rings is 2. The van der Waals surface area contributed by atoms with E-state index in [2.05, 4.69) is 44.9 Å². The van der Waals surface area contributed by atoms with Gasteiger partial charge in [0.25, 0.3) is 0 Å². The van der Waals surface area contributed by atoms with Gasteiger partial charge in [-0.05, 0) is 17.2 Å². The molecule has 0 atom stereocenters. The van der Waals surface area contributed by atoms with E-state index in [9.17, 15) is 0 Å². The van der Waals surface area contributed by atoms with Crippen molar-refractivity contribution in [2.45, 2.75) is 13.2 Å². The van der Waals surface area contributed by atoms with E-state index in [-0.39, 0.29) is 0 Å². The van der Waals surface area contributed by atoms with Crippen LogP contribution in [0.5, 0.6) is 0 Å². The fourth-order valence-corrected chi connectivity index (χ4v) is 3.52. The van der Waals surface area contributed by atoms with E-state index >= 15 is 0 Å². The molecule has 0 spiro atoms. The van der Waals surface area contributed by atoms with Gasteiger partial charge in [0.1, 0.15) is 17.9 Å². The smallest absolute Gasteiger partial charge is 0.152 e. The number of nitrogens with zero attached hydrogens (tertiary/aromatic N) is 3. The van der Waals surface area contributed by atoms with Gasteiger partial charge in [0.15, 0.2) is 5.82 Å². The van der Waals surface area contributed by atoms with Gasteiger partial charge >= 0.3 is 0 Å². The third-order valence-corrected chi connectivity index (χ3v) is 4.58. The van der Waals surface area contributed by atoms with Gasteiger partial charge in [0.2, 0.25) is 0 Å². The molecule has 3 heterocycles. The molecule has 1 aliphatic rings. The lowest BCUT2D eigenvalue weighted by Gasteiger charge is -2.16. The van der Waals surface area contributed by atoms with Crippen LogP contribution in [-0.4, -0.2) is 21.1 Å². The van der Waals surface area contributed by atoms with Crippen molar-refractivity contribution in [3.63, 3.8) is 0 Å². The highest BCUT2D eigenvalue weighted by molar-refractivity contribution is 6.13. The van der Waals surface area contributed by atoms with Crippen molar-refractivity contribution in [1.82, 2.24) is 14.5 Å². The van der Waals surface area contributed by atoms with E-state index in [1.807, 2.05) is 18.2 Å². The lowest BCUT2D eigenvalue weighted by molar-refractivity contribution is 0.0831. The van der Waals surface area contributed by atoms with Crippen LogP contribution in [0.3, 0.4) is 0 Å². The average molecular weight is 316 g/mol. The van der Waals surface area contributed by atoms with Gasteiger partial charge < -0.3 is 15.0 Å². The Hall–Kier alpha value is -2.92. The summed E-state index contributed by atoms with van der Waals surface area (Å²) in [7, 11) is 0. The van der Waals surface area contributed by atoms with Crippen molar-refractivity contribution in [2.24, 2.45) is 0 Å². The summed E-state index contributed by atoms with van der Waals surface area (Å²) in [6, 6.07) is 16.5. The number of nitrogens with two attached hydrogens (primary N) is 1. The molecule has 0 saturated carbocycles. The molecule has 0 unspecified atom stereocenters. The highest BCUT2D eigenvalue weighted by Crippen LogP contribution is 2.36. The van der Waals surface area contributed by atoms with Crippen LogP contribution >= 0.6 is 0 Å². The van der Waals surface area contributed by atoms with Gasteiger partial charge in [-0.1, -0.05) is 42.5 Å². The maximum absolute atomic E-state index is 6.20. The number of hydrogen-bond acceptors (Lipinski definition) is 4. The molecule has 5 heteroatoms. The lowest BCUT2D eigenvalue weighted by Crippen LogP contribution is -2.16. The van der Waals surface area contributed by atoms with Crippen LogP contribution in [0.4, 0.5) is 5.82 Å². The first-order valence-electron chi connectivity index (χ1n) is 8.03. The minimum Gasteiger partial charge on any atom is -0.382 e. The molecule has 0 bridgehead atoms. The van der Waals surface area contributed by atoms with Crippen molar-refractivity contribution in [1.29, 1.82) is 0 Å². The summed E-state index contributed by atoms with van der Waals surface area (Å²) in [6.45, 7) is 1.99. The van der Waals surface area contributed by atoms with Gasteiger partial charge in [-0.3, -0.25) is 0 Å². The second-order valence-electron chi connectivity index (χ2n) is 5.99. The van der Waals surface area contributed by atoms with Crippen molar-refractivity contribution >= 4 is 27.8 Å². The number of aromatic nitrogens is 3. The number of ether oxygens (including phenoxy) is 1. The summed E-state index contributed by atoms with van der Waals surface area (Å²) < 4.78 is 7.78. The first-order valence-corrected chi connectivity index (χ1v) is 8.03. The molecular formula is C19H16N4O. The fraction of sp³-hybridized carbons (Fsp3) is 0.158. The Morgan fingerprint density at radius 1 is 1.00 bits per heavy atom. The Morgan fingerprint density at radius 2 is 1.88 bits per heavy atom. The van der Waals surface area contributed by atoms with Crippen LogP contribution in [0, 0.1) is 0 Å². The van der Waals surface area contributed by atoms with E-state index in [0.717, 1.165) is 39.9 Å². The predicted molar refractivity (Wildman–Crippen MR) is 94.5 cm³/mol. The number of nitrogen functional groups attached to an aromatic ring is 1. The Morgan fingerprint density at radius 3 is 2.75 bits per heavy atom. The van der Waals surface area contributed by atoms with E-state index in [1.165, 1.54) is 5.56 Å². The molecular weight excluding hydrogens is 300 g/mol. The molecule has 5 nitrogen and oxygen atoms in total. The minimum absolute atomic E-state index is 0.476. The summed E-state index contributed by atoms with van der Waals surface area (Å²) in [5, 5.41) is 1.11. The van der Waals surface area contributed by atoms with Crippen LogP contribution < -0.4 is 5.73 Å². The molecule has 1 aliphatic heterocycles. The van der Waals surface area contributed by atoms with Crippen molar-refractivity contribution < 1.29 is 4.74 Å². The van der Waals surface area contributed by atoms with Crippen LogP contribution in [0.15, 0.2) is 48.5 Å². The molecule has 4 aromatic rings. The zero-order valence-corrected chi connectivity index (χ0v) is 13.1. The Kier molecular flexibility index (Phi) is 2.84. The fourth-order valence-electron chi connectivity index (χ4n) is 3.52. The molecule has 0 amide bonds. The monoisotopic (exact) mass is 316 g/mol. The number of rotatable bonds is 1. The lowest BCUT2D eigenvalue weighted by atomic mass is 9.99. The summed E-state index contributed by atoms with van der Waals surface area (Å²) in [4.78, 5) is 9.28. The first-order chi connectivity index (χ1) is 11.8. The standard InChI is InChI=1S/C19H16N4O/c20-19-17-18(23-9-10-24-11-15(23)22-17)16-13(7-4-8-14(16)21-19)12-5-2-1-3-6-12/h1-8H,9-11H2,(H2,20,21). The highest BCUT2D eigenvalue weighted by atomic mass is 16.5. The summed E-state index contributed by atoms with van der Waals surface area (Å²) in [5.41, 5.74) is 11.2. The topological polar surface area (TPSA) is 66.0 Å². The quantitative estimate of drug-likeness (QED) is 0.585. The molecule has 0 fully saturated rings. The molecule has 5 rings (SSSR count). The molecule has 118 valence electrons. The van der Waals surface area contributed by atoms with Crippen LogP contribution in [0.25, 0.3) is 33.1 Å². The second kappa shape index (κ2) is 5.04. The number of pyridine rings is 1. The highest BCUT2D eigenvalue weighted by Gasteiger charge is 2.21. The molecule has 0 aliphatic carbocycles. The van der Waals surface area contributed by atoms with E-state index in [1.54, 1.807) is 0 Å². The number of fused-ring (bicyclic) bond motifs is 5. The minimum atomic E-state index is 0.476. The van der Waals surface area contributed by atoms with Gasteiger partial charge in [0, 0.05) is 11.9 Å². The van der Waals surface area contributed by atoms with E-state index in [4.69, 9.17) is 10.5 Å². The number of hydrogen-bond donors (Lipinski definition) is 1.